The molecule has 0 bridgehead atoms. The van der Waals surface area contributed by atoms with Crippen molar-refractivity contribution in [2.75, 3.05) is 0 Å². The molecule has 2 rings (SSSR count). The van der Waals surface area contributed by atoms with E-state index in [9.17, 15) is 4.39 Å². The molecule has 0 aliphatic heterocycles. The first-order valence-corrected chi connectivity index (χ1v) is 8.60. The van der Waals surface area contributed by atoms with Crippen LogP contribution in [0.15, 0.2) is 30.4 Å². The van der Waals surface area contributed by atoms with E-state index in [4.69, 9.17) is 5.26 Å². The number of hydrogen-bond donors (Lipinski definition) is 0. The van der Waals surface area contributed by atoms with Gasteiger partial charge in [0, 0.05) is 0 Å². The van der Waals surface area contributed by atoms with Crippen LogP contribution < -0.4 is 0 Å². The van der Waals surface area contributed by atoms with Gasteiger partial charge >= 0.3 is 0 Å². The van der Waals surface area contributed by atoms with Gasteiger partial charge in [-0.3, -0.25) is 0 Å². The molecule has 1 saturated carbocycles. The molecule has 2 heteroatoms. The smallest absolute Gasteiger partial charge is 0.141 e. The number of rotatable bonds is 6. The van der Waals surface area contributed by atoms with E-state index in [0.29, 0.717) is 11.8 Å². The van der Waals surface area contributed by atoms with Crippen molar-refractivity contribution in [2.45, 2.75) is 64.2 Å². The van der Waals surface area contributed by atoms with Crippen LogP contribution in [-0.2, 0) is 0 Å². The zero-order valence-corrected chi connectivity index (χ0v) is 13.5. The van der Waals surface area contributed by atoms with Gasteiger partial charge in [0.2, 0.25) is 0 Å². The molecule has 0 saturated heterocycles. The summed E-state index contributed by atoms with van der Waals surface area (Å²) >= 11 is 0. The molecule has 0 amide bonds. The van der Waals surface area contributed by atoms with Crippen molar-refractivity contribution in [1.29, 1.82) is 5.26 Å². The Morgan fingerprint density at radius 2 is 2.00 bits per heavy atom. The normalized spacial score (nSPS) is 21.9. The lowest BCUT2D eigenvalue weighted by atomic mass is 9.78. The molecule has 118 valence electrons. The highest BCUT2D eigenvalue weighted by Gasteiger charge is 2.21. The van der Waals surface area contributed by atoms with Gasteiger partial charge in [-0.25, -0.2) is 4.39 Å². The molecule has 0 N–H and O–H groups in total. The Bertz CT molecular complexity index is 533. The van der Waals surface area contributed by atoms with Crippen molar-refractivity contribution in [3.8, 4) is 6.07 Å². The molecule has 0 spiro atoms. The van der Waals surface area contributed by atoms with Gasteiger partial charge in [-0.05, 0) is 68.1 Å². The first kappa shape index (κ1) is 16.7. The lowest BCUT2D eigenvalue weighted by molar-refractivity contribution is 0.374. The lowest BCUT2D eigenvalue weighted by Gasteiger charge is -2.27. The maximum Gasteiger partial charge on any atom is 0.141 e. The molecule has 0 unspecified atom stereocenters. The highest BCUT2D eigenvalue weighted by Crippen LogP contribution is 2.36. The summed E-state index contributed by atoms with van der Waals surface area (Å²) in [5.74, 6) is 0.769. The minimum Gasteiger partial charge on any atom is -0.206 e. The molecule has 1 aromatic carbocycles. The summed E-state index contributed by atoms with van der Waals surface area (Å²) < 4.78 is 13.7. The van der Waals surface area contributed by atoms with Crippen LogP contribution in [-0.4, -0.2) is 0 Å². The Kier molecular flexibility index (Phi) is 6.65. The fourth-order valence-corrected chi connectivity index (χ4v) is 3.32. The topological polar surface area (TPSA) is 23.8 Å². The fourth-order valence-electron chi connectivity index (χ4n) is 3.32. The van der Waals surface area contributed by atoms with Gasteiger partial charge in [-0.2, -0.15) is 5.26 Å². The molecule has 1 aliphatic carbocycles. The summed E-state index contributed by atoms with van der Waals surface area (Å²) in [6.07, 6.45) is 14.5. The van der Waals surface area contributed by atoms with Crippen molar-refractivity contribution in [3.05, 3.63) is 47.3 Å². The van der Waals surface area contributed by atoms with E-state index in [2.05, 4.69) is 19.1 Å². The maximum atomic E-state index is 13.7. The van der Waals surface area contributed by atoms with E-state index in [1.165, 1.54) is 38.5 Å². The number of halogens is 1. The zero-order valence-electron chi connectivity index (χ0n) is 13.5. The molecular weight excluding hydrogens is 273 g/mol. The third-order valence-corrected chi connectivity index (χ3v) is 4.74. The molecule has 0 radical (unpaired) electrons. The predicted octanol–water partition coefficient (Wildman–Crippen LogP) is 6.11. The average Bonchev–Trinajstić information content (AvgIpc) is 2.55. The van der Waals surface area contributed by atoms with Crippen LogP contribution in [0.3, 0.4) is 0 Å². The third kappa shape index (κ3) is 4.70. The number of allylic oxidation sites excluding steroid dienone is 2. The second-order valence-corrected chi connectivity index (χ2v) is 6.39. The summed E-state index contributed by atoms with van der Waals surface area (Å²) in [5.41, 5.74) is 1.20. The maximum absolute atomic E-state index is 13.7. The van der Waals surface area contributed by atoms with Crippen LogP contribution >= 0.6 is 0 Å². The van der Waals surface area contributed by atoms with Gasteiger partial charge in [0.1, 0.15) is 11.9 Å². The SMILES string of the molecule is CCCCCC=CC1CCC(c2ccc(C#N)c(F)c2)CC1. The minimum atomic E-state index is -0.377. The number of benzene rings is 1. The summed E-state index contributed by atoms with van der Waals surface area (Å²) in [7, 11) is 0. The quantitative estimate of drug-likeness (QED) is 0.459. The summed E-state index contributed by atoms with van der Waals surface area (Å²) in [4.78, 5) is 0. The second kappa shape index (κ2) is 8.73. The van der Waals surface area contributed by atoms with Crippen LogP contribution in [0.5, 0.6) is 0 Å². The van der Waals surface area contributed by atoms with Crippen LogP contribution in [0.1, 0.15) is 75.3 Å². The fraction of sp³-hybridized carbons (Fsp3) is 0.550. The summed E-state index contributed by atoms with van der Waals surface area (Å²) in [6.45, 7) is 2.23. The Balaban J connectivity index is 1.82. The summed E-state index contributed by atoms with van der Waals surface area (Å²) in [6, 6.07) is 6.98. The Labute approximate surface area is 133 Å². The van der Waals surface area contributed by atoms with Gasteiger partial charge in [-0.15, -0.1) is 0 Å². The van der Waals surface area contributed by atoms with Crippen molar-refractivity contribution in [2.24, 2.45) is 5.92 Å². The largest absolute Gasteiger partial charge is 0.206 e. The number of nitriles is 1. The van der Waals surface area contributed by atoms with Crippen LogP contribution in [0, 0.1) is 23.1 Å². The van der Waals surface area contributed by atoms with Crippen LogP contribution in [0.2, 0.25) is 0 Å². The van der Waals surface area contributed by atoms with E-state index >= 15 is 0 Å². The van der Waals surface area contributed by atoms with E-state index in [-0.39, 0.29) is 11.4 Å². The second-order valence-electron chi connectivity index (χ2n) is 6.39. The monoisotopic (exact) mass is 299 g/mol. The molecule has 0 heterocycles. The third-order valence-electron chi connectivity index (χ3n) is 4.74. The summed E-state index contributed by atoms with van der Waals surface area (Å²) in [5, 5.41) is 8.79. The van der Waals surface area contributed by atoms with E-state index in [1.807, 2.05) is 12.1 Å². The molecule has 0 aromatic heterocycles. The van der Waals surface area contributed by atoms with Crippen molar-refractivity contribution < 1.29 is 4.39 Å². The molecular formula is C20H26FN. The first-order chi connectivity index (χ1) is 10.7. The number of nitrogens with zero attached hydrogens (tertiary/aromatic N) is 1. The first-order valence-electron chi connectivity index (χ1n) is 8.60. The highest BCUT2D eigenvalue weighted by atomic mass is 19.1. The zero-order chi connectivity index (χ0) is 15.8. The van der Waals surface area contributed by atoms with Crippen LogP contribution in [0.25, 0.3) is 0 Å². The van der Waals surface area contributed by atoms with Gasteiger partial charge in [0.25, 0.3) is 0 Å². The van der Waals surface area contributed by atoms with Gasteiger partial charge < -0.3 is 0 Å². The molecule has 22 heavy (non-hydrogen) atoms. The molecule has 1 aromatic rings. The van der Waals surface area contributed by atoms with E-state index in [1.54, 1.807) is 12.1 Å². The molecule has 0 atom stereocenters. The molecule has 1 nitrogen and oxygen atoms in total. The predicted molar refractivity (Wildman–Crippen MR) is 89.1 cm³/mol. The van der Waals surface area contributed by atoms with Crippen molar-refractivity contribution in [3.63, 3.8) is 0 Å². The standard InChI is InChI=1S/C20H26FN/c1-2-3-4-5-6-7-16-8-10-17(11-9-16)18-12-13-19(15-22)20(21)14-18/h6-7,12-14,16-17H,2-5,8-11H2,1H3. The Hall–Kier alpha value is -1.62. The lowest BCUT2D eigenvalue weighted by Crippen LogP contribution is -2.12. The van der Waals surface area contributed by atoms with Crippen LogP contribution in [0.4, 0.5) is 4.39 Å². The van der Waals surface area contributed by atoms with Gasteiger partial charge in [0.05, 0.1) is 5.56 Å². The highest BCUT2D eigenvalue weighted by molar-refractivity contribution is 5.35. The Morgan fingerprint density at radius 1 is 1.23 bits per heavy atom. The average molecular weight is 299 g/mol. The Morgan fingerprint density at radius 3 is 2.64 bits per heavy atom. The van der Waals surface area contributed by atoms with E-state index < -0.39 is 0 Å². The van der Waals surface area contributed by atoms with E-state index in [0.717, 1.165) is 18.4 Å². The van der Waals surface area contributed by atoms with Crippen molar-refractivity contribution in [1.82, 2.24) is 0 Å². The number of hydrogen-bond acceptors (Lipinski definition) is 1. The molecule has 1 aliphatic rings. The van der Waals surface area contributed by atoms with Gasteiger partial charge in [-0.1, -0.05) is 38.0 Å². The van der Waals surface area contributed by atoms with Crippen molar-refractivity contribution >= 4 is 0 Å². The van der Waals surface area contributed by atoms with Gasteiger partial charge in [0.15, 0.2) is 0 Å². The number of unbranched alkanes of at least 4 members (excludes halogenated alkanes) is 3. The molecule has 1 fully saturated rings. The minimum absolute atomic E-state index is 0.146.